The van der Waals surface area contributed by atoms with E-state index < -0.39 is 5.60 Å². The molecule has 1 fully saturated rings. The number of hydrogen-bond donors (Lipinski definition) is 1. The summed E-state index contributed by atoms with van der Waals surface area (Å²) in [5.41, 5.74) is 0.919. The van der Waals surface area contributed by atoms with Crippen LogP contribution in [0.4, 0.5) is 4.79 Å². The molecule has 1 aliphatic rings. The molecule has 4 heteroatoms. The Morgan fingerprint density at radius 2 is 2.05 bits per heavy atom. The number of carbonyl (C=O) groups is 1. The van der Waals surface area contributed by atoms with Gasteiger partial charge in [0.1, 0.15) is 5.60 Å². The molecule has 0 bridgehead atoms. The lowest BCUT2D eigenvalue weighted by molar-refractivity contribution is 0.0291. The highest BCUT2D eigenvalue weighted by atomic mass is 16.6. The van der Waals surface area contributed by atoms with Crippen LogP contribution in [0.5, 0.6) is 0 Å². The minimum atomic E-state index is -0.421. The van der Waals surface area contributed by atoms with Crippen LogP contribution in [0.15, 0.2) is 30.3 Å². The zero-order valence-electron chi connectivity index (χ0n) is 13.3. The van der Waals surface area contributed by atoms with Crippen molar-refractivity contribution in [2.24, 2.45) is 0 Å². The second-order valence-corrected chi connectivity index (χ2v) is 6.60. The third-order valence-corrected chi connectivity index (χ3v) is 3.53. The summed E-state index contributed by atoms with van der Waals surface area (Å²) in [6.45, 7) is 8.15. The predicted octanol–water partition coefficient (Wildman–Crippen LogP) is 2.83. The highest BCUT2D eigenvalue weighted by molar-refractivity contribution is 5.68. The lowest BCUT2D eigenvalue weighted by Gasteiger charge is -2.24. The topological polar surface area (TPSA) is 41.6 Å². The molecule has 0 aromatic heterocycles. The molecule has 0 saturated carbocycles. The lowest BCUT2D eigenvalue weighted by atomic mass is 10.1. The van der Waals surface area contributed by atoms with Crippen molar-refractivity contribution in [2.75, 3.05) is 19.6 Å². The third-order valence-electron chi connectivity index (χ3n) is 3.53. The van der Waals surface area contributed by atoms with Gasteiger partial charge in [-0.3, -0.25) is 0 Å². The Bertz CT molecular complexity index is 454. The molecule has 1 N–H and O–H groups in total. The SMILES string of the molecule is CC(C)(C)OC(=O)N1CC[C@@H](NCCc2ccccc2)C1. The third kappa shape index (κ3) is 5.38. The smallest absolute Gasteiger partial charge is 0.410 e. The summed E-state index contributed by atoms with van der Waals surface area (Å²) >= 11 is 0. The second kappa shape index (κ2) is 6.94. The fourth-order valence-electron chi connectivity index (χ4n) is 2.48. The van der Waals surface area contributed by atoms with Crippen LogP contribution in [-0.2, 0) is 11.2 Å². The van der Waals surface area contributed by atoms with Crippen molar-refractivity contribution in [3.63, 3.8) is 0 Å². The first-order valence-electron chi connectivity index (χ1n) is 7.69. The van der Waals surface area contributed by atoms with Crippen LogP contribution >= 0.6 is 0 Å². The van der Waals surface area contributed by atoms with Crippen LogP contribution in [0.3, 0.4) is 0 Å². The van der Waals surface area contributed by atoms with Crippen LogP contribution in [0.25, 0.3) is 0 Å². The molecule has 116 valence electrons. The first-order valence-corrected chi connectivity index (χ1v) is 7.69. The van der Waals surface area contributed by atoms with Crippen molar-refractivity contribution in [3.8, 4) is 0 Å². The molecule has 1 atom stereocenters. The minimum Gasteiger partial charge on any atom is -0.444 e. The number of hydrogen-bond acceptors (Lipinski definition) is 3. The van der Waals surface area contributed by atoms with Gasteiger partial charge in [0.05, 0.1) is 0 Å². The number of rotatable bonds is 4. The van der Waals surface area contributed by atoms with Gasteiger partial charge in [0.15, 0.2) is 0 Å². The Kier molecular flexibility index (Phi) is 5.23. The van der Waals surface area contributed by atoms with Crippen molar-refractivity contribution in [3.05, 3.63) is 35.9 Å². The highest BCUT2D eigenvalue weighted by Gasteiger charge is 2.29. The van der Waals surface area contributed by atoms with Crippen molar-refractivity contribution in [1.29, 1.82) is 0 Å². The molecule has 1 aliphatic heterocycles. The summed E-state index contributed by atoms with van der Waals surface area (Å²) in [5, 5.41) is 3.53. The summed E-state index contributed by atoms with van der Waals surface area (Å²) in [4.78, 5) is 13.8. The number of nitrogens with zero attached hydrogens (tertiary/aromatic N) is 1. The Hall–Kier alpha value is -1.55. The number of nitrogens with one attached hydrogen (secondary N) is 1. The molecule has 1 amide bonds. The van der Waals surface area contributed by atoms with Crippen LogP contribution in [-0.4, -0.2) is 42.3 Å². The molecule has 1 saturated heterocycles. The van der Waals surface area contributed by atoms with Crippen molar-refractivity contribution in [1.82, 2.24) is 10.2 Å². The molecule has 1 aromatic carbocycles. The van der Waals surface area contributed by atoms with E-state index in [-0.39, 0.29) is 6.09 Å². The quantitative estimate of drug-likeness (QED) is 0.927. The van der Waals surface area contributed by atoms with E-state index in [4.69, 9.17) is 4.74 Å². The summed E-state index contributed by atoms with van der Waals surface area (Å²) in [6.07, 6.45) is 1.81. The average Bonchev–Trinajstić information content (AvgIpc) is 2.87. The average molecular weight is 290 g/mol. The van der Waals surface area contributed by atoms with Crippen LogP contribution in [0.1, 0.15) is 32.8 Å². The standard InChI is InChI=1S/C17H26N2O2/c1-17(2,3)21-16(20)19-12-10-15(13-19)18-11-9-14-7-5-4-6-8-14/h4-8,15,18H,9-13H2,1-3H3/t15-/m1/s1. The summed E-state index contributed by atoms with van der Waals surface area (Å²) in [6, 6.07) is 10.8. The molecule has 2 rings (SSSR count). The monoisotopic (exact) mass is 290 g/mol. The van der Waals surface area contributed by atoms with Gasteiger partial charge in [0, 0.05) is 19.1 Å². The largest absolute Gasteiger partial charge is 0.444 e. The van der Waals surface area contributed by atoms with Gasteiger partial charge in [0.2, 0.25) is 0 Å². The Morgan fingerprint density at radius 3 is 2.71 bits per heavy atom. The van der Waals surface area contributed by atoms with Gasteiger partial charge < -0.3 is 15.0 Å². The maximum atomic E-state index is 12.0. The molecular weight excluding hydrogens is 264 g/mol. The number of amides is 1. The molecule has 0 aliphatic carbocycles. The van der Waals surface area contributed by atoms with E-state index in [1.54, 1.807) is 4.90 Å². The van der Waals surface area contributed by atoms with Crippen LogP contribution in [0, 0.1) is 0 Å². The number of ether oxygens (including phenoxy) is 1. The van der Waals surface area contributed by atoms with E-state index in [1.807, 2.05) is 26.8 Å². The van der Waals surface area contributed by atoms with E-state index in [2.05, 4.69) is 29.6 Å². The van der Waals surface area contributed by atoms with Crippen molar-refractivity contribution >= 4 is 6.09 Å². The summed E-state index contributed by atoms with van der Waals surface area (Å²) in [5.74, 6) is 0. The summed E-state index contributed by atoms with van der Waals surface area (Å²) in [7, 11) is 0. The van der Waals surface area contributed by atoms with Gasteiger partial charge >= 0.3 is 6.09 Å². The summed E-state index contributed by atoms with van der Waals surface area (Å²) < 4.78 is 5.40. The fourth-order valence-corrected chi connectivity index (χ4v) is 2.48. The zero-order valence-corrected chi connectivity index (χ0v) is 13.3. The molecular formula is C17H26N2O2. The molecule has 1 aromatic rings. The Balaban J connectivity index is 1.69. The molecule has 21 heavy (non-hydrogen) atoms. The lowest BCUT2D eigenvalue weighted by Crippen LogP contribution is -2.38. The van der Waals surface area contributed by atoms with E-state index in [0.717, 1.165) is 32.5 Å². The van der Waals surface area contributed by atoms with E-state index >= 15 is 0 Å². The zero-order chi connectivity index (χ0) is 15.3. The number of carbonyl (C=O) groups excluding carboxylic acids is 1. The minimum absolute atomic E-state index is 0.199. The van der Waals surface area contributed by atoms with Gasteiger partial charge in [-0.2, -0.15) is 0 Å². The van der Waals surface area contributed by atoms with Gasteiger partial charge in [-0.15, -0.1) is 0 Å². The molecule has 1 heterocycles. The Morgan fingerprint density at radius 1 is 1.33 bits per heavy atom. The predicted molar refractivity (Wildman–Crippen MR) is 84.4 cm³/mol. The molecule has 0 spiro atoms. The second-order valence-electron chi connectivity index (χ2n) is 6.60. The van der Waals surface area contributed by atoms with E-state index in [9.17, 15) is 4.79 Å². The van der Waals surface area contributed by atoms with Crippen LogP contribution in [0.2, 0.25) is 0 Å². The maximum absolute atomic E-state index is 12.0. The van der Waals surface area contributed by atoms with Gasteiger partial charge in [-0.25, -0.2) is 4.79 Å². The number of likely N-dealkylation sites (tertiary alicyclic amines) is 1. The fraction of sp³-hybridized carbons (Fsp3) is 0.588. The van der Waals surface area contributed by atoms with Crippen LogP contribution < -0.4 is 5.32 Å². The van der Waals surface area contributed by atoms with Crippen molar-refractivity contribution in [2.45, 2.75) is 45.3 Å². The highest BCUT2D eigenvalue weighted by Crippen LogP contribution is 2.15. The van der Waals surface area contributed by atoms with Gasteiger partial charge in [-0.1, -0.05) is 30.3 Å². The number of benzene rings is 1. The first kappa shape index (κ1) is 15.8. The maximum Gasteiger partial charge on any atom is 0.410 e. The van der Waals surface area contributed by atoms with Crippen molar-refractivity contribution < 1.29 is 9.53 Å². The molecule has 4 nitrogen and oxygen atoms in total. The Labute approximate surface area is 127 Å². The van der Waals surface area contributed by atoms with E-state index in [1.165, 1.54) is 5.56 Å². The van der Waals surface area contributed by atoms with E-state index in [0.29, 0.717) is 6.04 Å². The molecule has 0 radical (unpaired) electrons. The van der Waals surface area contributed by atoms with Gasteiger partial charge in [-0.05, 0) is 45.7 Å². The normalized spacial score (nSPS) is 18.8. The first-order chi connectivity index (χ1) is 9.94. The molecule has 0 unspecified atom stereocenters. The van der Waals surface area contributed by atoms with Gasteiger partial charge in [0.25, 0.3) is 0 Å².